The predicted octanol–water partition coefficient (Wildman–Crippen LogP) is 0.877. The van der Waals surface area contributed by atoms with Crippen molar-refractivity contribution < 1.29 is 21.6 Å². The van der Waals surface area contributed by atoms with Crippen LogP contribution in [0.15, 0.2) is 0 Å². The molecule has 0 saturated carbocycles. The molecular formula is C6H11ClF3NO2S. The van der Waals surface area contributed by atoms with Crippen molar-refractivity contribution in [1.82, 2.24) is 0 Å². The first-order chi connectivity index (χ1) is 5.66. The van der Waals surface area contributed by atoms with Crippen molar-refractivity contribution in [3.05, 3.63) is 0 Å². The van der Waals surface area contributed by atoms with E-state index in [-0.39, 0.29) is 12.4 Å². The maximum atomic E-state index is 12.3. The highest BCUT2D eigenvalue weighted by Gasteiger charge is 2.53. The molecule has 1 rings (SSSR count). The molecule has 0 aromatic carbocycles. The first-order valence-electron chi connectivity index (χ1n) is 3.72. The van der Waals surface area contributed by atoms with Gasteiger partial charge in [0.05, 0.1) is 11.5 Å². The van der Waals surface area contributed by atoms with Gasteiger partial charge in [0.2, 0.25) is 0 Å². The average molecular weight is 254 g/mol. The van der Waals surface area contributed by atoms with Gasteiger partial charge in [-0.15, -0.1) is 12.4 Å². The number of nitrogens with two attached hydrogens (primary N) is 1. The average Bonchev–Trinajstić information content (AvgIpc) is 1.94. The third-order valence-electron chi connectivity index (χ3n) is 2.28. The van der Waals surface area contributed by atoms with E-state index >= 15 is 0 Å². The van der Waals surface area contributed by atoms with Crippen LogP contribution in [0.3, 0.4) is 0 Å². The lowest BCUT2D eigenvalue weighted by Crippen LogP contribution is -2.57. The number of hydrogen-bond donors (Lipinski definition) is 1. The van der Waals surface area contributed by atoms with Crippen molar-refractivity contribution in [2.45, 2.75) is 24.6 Å². The molecule has 2 N–H and O–H groups in total. The Morgan fingerprint density at radius 1 is 1.14 bits per heavy atom. The van der Waals surface area contributed by atoms with Crippen molar-refractivity contribution in [3.8, 4) is 0 Å². The van der Waals surface area contributed by atoms with Gasteiger partial charge < -0.3 is 5.73 Å². The summed E-state index contributed by atoms with van der Waals surface area (Å²) in [5.41, 5.74) is 2.76. The highest BCUT2D eigenvalue weighted by molar-refractivity contribution is 7.91. The Kier molecular flexibility index (Phi) is 3.86. The zero-order chi connectivity index (χ0) is 10.3. The van der Waals surface area contributed by atoms with Crippen LogP contribution in [-0.2, 0) is 9.84 Å². The third kappa shape index (κ3) is 2.74. The van der Waals surface area contributed by atoms with Gasteiger partial charge in [0.25, 0.3) is 0 Å². The van der Waals surface area contributed by atoms with E-state index in [1.165, 1.54) is 0 Å². The van der Waals surface area contributed by atoms with E-state index in [0.29, 0.717) is 0 Å². The van der Waals surface area contributed by atoms with Gasteiger partial charge in [0.15, 0.2) is 0 Å². The lowest BCUT2D eigenvalue weighted by Gasteiger charge is -2.34. The molecule has 0 bridgehead atoms. The SMILES string of the molecule is Cl.NC1(C(F)(F)F)CCS(=O)(=O)CC1. The molecule has 86 valence electrons. The second-order valence-electron chi connectivity index (χ2n) is 3.31. The zero-order valence-corrected chi connectivity index (χ0v) is 8.81. The normalized spacial score (nSPS) is 25.1. The molecule has 14 heavy (non-hydrogen) atoms. The predicted molar refractivity (Wildman–Crippen MR) is 48.1 cm³/mol. The Labute approximate surface area is 86.2 Å². The molecule has 1 fully saturated rings. The summed E-state index contributed by atoms with van der Waals surface area (Å²) in [7, 11) is -3.29. The van der Waals surface area contributed by atoms with Crippen LogP contribution in [-0.4, -0.2) is 31.6 Å². The summed E-state index contributed by atoms with van der Waals surface area (Å²) < 4.78 is 58.5. The Bertz CT molecular complexity index is 287. The minimum Gasteiger partial charge on any atom is -0.318 e. The molecule has 1 aliphatic rings. The zero-order valence-electron chi connectivity index (χ0n) is 7.17. The molecule has 0 unspecified atom stereocenters. The maximum Gasteiger partial charge on any atom is 0.406 e. The quantitative estimate of drug-likeness (QED) is 0.697. The van der Waals surface area contributed by atoms with Crippen molar-refractivity contribution >= 4 is 22.2 Å². The largest absolute Gasteiger partial charge is 0.406 e. The summed E-state index contributed by atoms with van der Waals surface area (Å²) in [5.74, 6) is -0.938. The van der Waals surface area contributed by atoms with Gasteiger partial charge in [0, 0.05) is 0 Å². The fourth-order valence-corrected chi connectivity index (χ4v) is 2.74. The molecular weight excluding hydrogens is 243 g/mol. The Hall–Kier alpha value is -0.0100. The summed E-state index contributed by atoms with van der Waals surface area (Å²) in [6.07, 6.45) is -5.57. The number of alkyl halides is 3. The molecule has 1 heterocycles. The lowest BCUT2D eigenvalue weighted by atomic mass is 9.93. The van der Waals surface area contributed by atoms with E-state index in [4.69, 9.17) is 5.73 Å². The molecule has 0 aromatic rings. The molecule has 0 atom stereocenters. The summed E-state index contributed by atoms with van der Waals surface area (Å²) >= 11 is 0. The van der Waals surface area contributed by atoms with Gasteiger partial charge in [-0.25, -0.2) is 8.42 Å². The van der Waals surface area contributed by atoms with Crippen LogP contribution in [0.25, 0.3) is 0 Å². The van der Waals surface area contributed by atoms with Crippen molar-refractivity contribution in [1.29, 1.82) is 0 Å². The minimum atomic E-state index is -4.51. The summed E-state index contributed by atoms with van der Waals surface area (Å²) in [6.45, 7) is 0. The summed E-state index contributed by atoms with van der Waals surface area (Å²) in [6, 6.07) is 0. The van der Waals surface area contributed by atoms with Gasteiger partial charge >= 0.3 is 6.18 Å². The van der Waals surface area contributed by atoms with E-state index in [2.05, 4.69) is 0 Å². The number of rotatable bonds is 0. The van der Waals surface area contributed by atoms with Crippen molar-refractivity contribution in [3.63, 3.8) is 0 Å². The van der Waals surface area contributed by atoms with Crippen LogP contribution >= 0.6 is 12.4 Å². The van der Waals surface area contributed by atoms with Crippen LogP contribution in [0, 0.1) is 0 Å². The fraction of sp³-hybridized carbons (Fsp3) is 1.00. The molecule has 0 radical (unpaired) electrons. The van der Waals surface area contributed by atoms with Crippen molar-refractivity contribution in [2.75, 3.05) is 11.5 Å². The van der Waals surface area contributed by atoms with Crippen LogP contribution in [0.4, 0.5) is 13.2 Å². The second-order valence-corrected chi connectivity index (χ2v) is 5.61. The van der Waals surface area contributed by atoms with Crippen LogP contribution in [0.5, 0.6) is 0 Å². The van der Waals surface area contributed by atoms with Crippen LogP contribution in [0.1, 0.15) is 12.8 Å². The molecule has 1 saturated heterocycles. The van der Waals surface area contributed by atoms with Gasteiger partial charge in [-0.05, 0) is 12.8 Å². The second kappa shape index (κ2) is 3.86. The van der Waals surface area contributed by atoms with E-state index < -0.39 is 45.9 Å². The molecule has 3 nitrogen and oxygen atoms in total. The van der Waals surface area contributed by atoms with E-state index in [1.807, 2.05) is 0 Å². The monoisotopic (exact) mass is 253 g/mol. The smallest absolute Gasteiger partial charge is 0.318 e. The fourth-order valence-electron chi connectivity index (χ4n) is 1.19. The molecule has 1 aliphatic heterocycles. The Morgan fingerprint density at radius 2 is 1.50 bits per heavy atom. The lowest BCUT2D eigenvalue weighted by molar-refractivity contribution is -0.187. The molecule has 0 spiro atoms. The summed E-state index contributed by atoms with van der Waals surface area (Å²) in [4.78, 5) is 0. The minimum absolute atomic E-state index is 0. The van der Waals surface area contributed by atoms with Crippen LogP contribution in [0.2, 0.25) is 0 Å². The molecule has 0 aromatic heterocycles. The van der Waals surface area contributed by atoms with Crippen LogP contribution < -0.4 is 5.73 Å². The molecule has 8 heteroatoms. The van der Waals surface area contributed by atoms with E-state index in [9.17, 15) is 21.6 Å². The van der Waals surface area contributed by atoms with E-state index in [0.717, 1.165) is 0 Å². The summed E-state index contributed by atoms with van der Waals surface area (Å²) in [5, 5.41) is 0. The van der Waals surface area contributed by atoms with Gasteiger partial charge in [-0.2, -0.15) is 13.2 Å². The standard InChI is InChI=1S/C6H10F3NO2S.ClH/c7-6(8,9)5(10)1-3-13(11,12)4-2-5;/h1-4,10H2;1H. The number of sulfone groups is 1. The Balaban J connectivity index is 0.00000169. The van der Waals surface area contributed by atoms with Gasteiger partial charge in [-0.1, -0.05) is 0 Å². The van der Waals surface area contributed by atoms with Gasteiger partial charge in [0.1, 0.15) is 15.4 Å². The maximum absolute atomic E-state index is 12.3. The highest BCUT2D eigenvalue weighted by Crippen LogP contribution is 2.36. The molecule has 0 amide bonds. The topological polar surface area (TPSA) is 60.2 Å². The number of halogens is 4. The highest BCUT2D eigenvalue weighted by atomic mass is 35.5. The Morgan fingerprint density at radius 3 is 1.79 bits per heavy atom. The first-order valence-corrected chi connectivity index (χ1v) is 5.54. The first kappa shape index (κ1) is 14.0. The molecule has 0 aliphatic carbocycles. The van der Waals surface area contributed by atoms with Crippen molar-refractivity contribution in [2.24, 2.45) is 5.73 Å². The number of hydrogen-bond acceptors (Lipinski definition) is 3. The van der Waals surface area contributed by atoms with E-state index in [1.54, 1.807) is 0 Å². The van der Waals surface area contributed by atoms with Gasteiger partial charge in [-0.3, -0.25) is 0 Å². The third-order valence-corrected chi connectivity index (χ3v) is 3.94.